The number of halogens is 1. The van der Waals surface area contributed by atoms with Gasteiger partial charge in [0.25, 0.3) is 10.0 Å². The lowest BCUT2D eigenvalue weighted by atomic mass is 10.1. The van der Waals surface area contributed by atoms with Crippen molar-refractivity contribution in [1.29, 1.82) is 0 Å². The van der Waals surface area contributed by atoms with E-state index >= 15 is 0 Å². The van der Waals surface area contributed by atoms with Crippen LogP contribution in [0.25, 0.3) is 0 Å². The Hall–Kier alpha value is -0.670. The molecule has 1 saturated heterocycles. The van der Waals surface area contributed by atoms with Gasteiger partial charge in [-0.2, -0.15) is 0 Å². The van der Waals surface area contributed by atoms with Crippen LogP contribution in [0.1, 0.15) is 12.8 Å². The van der Waals surface area contributed by atoms with E-state index in [0.29, 0.717) is 4.34 Å². The van der Waals surface area contributed by atoms with Crippen LogP contribution in [0, 0.1) is 0 Å². The minimum Gasteiger partial charge on any atom is -0.351 e. The third-order valence-electron chi connectivity index (χ3n) is 2.90. The van der Waals surface area contributed by atoms with Gasteiger partial charge in [0, 0.05) is 12.6 Å². The number of amides is 1. The van der Waals surface area contributed by atoms with E-state index in [0.717, 1.165) is 37.3 Å². The quantitative estimate of drug-likeness (QED) is 0.732. The molecule has 112 valence electrons. The number of hydrogen-bond acceptors (Lipinski definition) is 5. The third kappa shape index (κ3) is 4.42. The molecule has 1 amide bonds. The lowest BCUT2D eigenvalue weighted by molar-refractivity contribution is -0.120. The molecule has 0 bridgehead atoms. The van der Waals surface area contributed by atoms with Crippen molar-refractivity contribution in [3.8, 4) is 0 Å². The van der Waals surface area contributed by atoms with Crippen molar-refractivity contribution in [2.75, 3.05) is 19.6 Å². The van der Waals surface area contributed by atoms with Crippen LogP contribution in [0.5, 0.6) is 0 Å². The second-order valence-electron chi connectivity index (χ2n) is 4.49. The molecule has 0 saturated carbocycles. The number of sulfonamides is 1. The van der Waals surface area contributed by atoms with E-state index in [9.17, 15) is 13.2 Å². The highest BCUT2D eigenvalue weighted by molar-refractivity contribution is 7.91. The highest BCUT2D eigenvalue weighted by Crippen LogP contribution is 2.25. The molecule has 0 radical (unpaired) electrons. The van der Waals surface area contributed by atoms with Crippen LogP contribution in [0.15, 0.2) is 16.3 Å². The van der Waals surface area contributed by atoms with Gasteiger partial charge in [0.1, 0.15) is 4.21 Å². The molecule has 1 aliphatic rings. The molecule has 1 aromatic rings. The normalized spacial score (nSPS) is 19.8. The van der Waals surface area contributed by atoms with E-state index in [1.165, 1.54) is 12.1 Å². The maximum Gasteiger partial charge on any atom is 0.250 e. The van der Waals surface area contributed by atoms with Gasteiger partial charge in [0.15, 0.2) is 0 Å². The van der Waals surface area contributed by atoms with E-state index < -0.39 is 10.0 Å². The number of nitrogens with one attached hydrogen (secondary N) is 3. The molecule has 0 aliphatic carbocycles. The predicted molar refractivity (Wildman–Crippen MR) is 78.6 cm³/mol. The van der Waals surface area contributed by atoms with Crippen molar-refractivity contribution >= 4 is 38.9 Å². The summed E-state index contributed by atoms with van der Waals surface area (Å²) in [7, 11) is -3.67. The number of thiophene rings is 1. The SMILES string of the molecule is O=C(CNS(=O)(=O)c1ccc(Cl)s1)N[C@H]1CCCNC1. The highest BCUT2D eigenvalue weighted by Gasteiger charge is 2.19. The first-order chi connectivity index (χ1) is 9.47. The van der Waals surface area contributed by atoms with Gasteiger partial charge in [-0.25, -0.2) is 13.1 Å². The summed E-state index contributed by atoms with van der Waals surface area (Å²) in [6, 6.07) is 2.99. The summed E-state index contributed by atoms with van der Waals surface area (Å²) in [4.78, 5) is 11.7. The number of hydrogen-bond donors (Lipinski definition) is 3. The molecule has 1 atom stereocenters. The van der Waals surface area contributed by atoms with Crippen molar-refractivity contribution in [2.24, 2.45) is 0 Å². The summed E-state index contributed by atoms with van der Waals surface area (Å²) in [6.45, 7) is 1.41. The Morgan fingerprint density at radius 3 is 2.90 bits per heavy atom. The molecule has 1 aromatic heterocycles. The van der Waals surface area contributed by atoms with Gasteiger partial charge in [-0.15, -0.1) is 11.3 Å². The first kappa shape index (κ1) is 15.7. The molecular weight excluding hydrogens is 322 g/mol. The summed E-state index contributed by atoms with van der Waals surface area (Å²) in [5, 5.41) is 5.97. The maximum atomic E-state index is 11.9. The first-order valence-electron chi connectivity index (χ1n) is 6.22. The molecule has 3 N–H and O–H groups in total. The van der Waals surface area contributed by atoms with Crippen molar-refractivity contribution in [3.05, 3.63) is 16.5 Å². The summed E-state index contributed by atoms with van der Waals surface area (Å²) in [6.07, 6.45) is 1.91. The Morgan fingerprint density at radius 1 is 1.50 bits per heavy atom. The predicted octanol–water partition coefficient (Wildman–Crippen LogP) is 0.548. The monoisotopic (exact) mass is 337 g/mol. The second kappa shape index (κ2) is 6.86. The molecule has 0 unspecified atom stereocenters. The minimum atomic E-state index is -3.67. The lowest BCUT2D eigenvalue weighted by Gasteiger charge is -2.23. The van der Waals surface area contributed by atoms with Gasteiger partial charge >= 0.3 is 0 Å². The Bertz CT molecular complexity index is 567. The Labute approximate surface area is 126 Å². The van der Waals surface area contributed by atoms with Crippen LogP contribution in [0.2, 0.25) is 4.34 Å². The Kier molecular flexibility index (Phi) is 5.39. The number of carbonyl (C=O) groups excluding carboxylic acids is 1. The zero-order chi connectivity index (χ0) is 14.6. The van der Waals surface area contributed by atoms with E-state index in [2.05, 4.69) is 15.4 Å². The van der Waals surface area contributed by atoms with E-state index in [1.807, 2.05) is 0 Å². The second-order valence-corrected chi connectivity index (χ2v) is 8.20. The number of rotatable bonds is 5. The summed E-state index contributed by atoms with van der Waals surface area (Å²) < 4.78 is 26.5. The fraction of sp³-hybridized carbons (Fsp3) is 0.545. The molecule has 1 fully saturated rings. The average molecular weight is 338 g/mol. The fourth-order valence-electron chi connectivity index (χ4n) is 1.93. The molecule has 1 aliphatic heterocycles. The largest absolute Gasteiger partial charge is 0.351 e. The van der Waals surface area contributed by atoms with Crippen molar-refractivity contribution in [3.63, 3.8) is 0 Å². The maximum absolute atomic E-state index is 11.9. The smallest absolute Gasteiger partial charge is 0.250 e. The average Bonchev–Trinajstić information content (AvgIpc) is 2.85. The summed E-state index contributed by atoms with van der Waals surface area (Å²) in [5.41, 5.74) is 0. The van der Waals surface area contributed by atoms with Gasteiger partial charge < -0.3 is 10.6 Å². The first-order valence-corrected chi connectivity index (χ1v) is 8.90. The van der Waals surface area contributed by atoms with Crippen LogP contribution in [0.3, 0.4) is 0 Å². The molecule has 6 nitrogen and oxygen atoms in total. The number of piperidine rings is 1. The van der Waals surface area contributed by atoms with Gasteiger partial charge in [-0.3, -0.25) is 4.79 Å². The molecule has 2 heterocycles. The Morgan fingerprint density at radius 2 is 2.30 bits per heavy atom. The van der Waals surface area contributed by atoms with E-state index in [1.54, 1.807) is 0 Å². The third-order valence-corrected chi connectivity index (χ3v) is 6.02. The van der Waals surface area contributed by atoms with Crippen LogP contribution in [0.4, 0.5) is 0 Å². The van der Waals surface area contributed by atoms with Gasteiger partial charge in [0.05, 0.1) is 10.9 Å². The summed E-state index contributed by atoms with van der Waals surface area (Å²) in [5.74, 6) is -0.329. The lowest BCUT2D eigenvalue weighted by Crippen LogP contribution is -2.48. The van der Waals surface area contributed by atoms with Crippen LogP contribution >= 0.6 is 22.9 Å². The highest BCUT2D eigenvalue weighted by atomic mass is 35.5. The van der Waals surface area contributed by atoms with E-state index in [4.69, 9.17) is 11.6 Å². The van der Waals surface area contributed by atoms with Gasteiger partial charge in [-0.1, -0.05) is 11.6 Å². The molecule has 20 heavy (non-hydrogen) atoms. The topological polar surface area (TPSA) is 87.3 Å². The standard InChI is InChI=1S/C11H16ClN3O3S2/c12-9-3-4-11(19-9)20(17,18)14-7-10(16)15-8-2-1-5-13-6-8/h3-4,8,13-14H,1-2,5-7H2,(H,15,16)/t8-/m0/s1. The van der Waals surface area contributed by atoms with E-state index in [-0.39, 0.29) is 22.7 Å². The van der Waals surface area contributed by atoms with Gasteiger partial charge in [-0.05, 0) is 31.5 Å². The Balaban J connectivity index is 1.83. The van der Waals surface area contributed by atoms with Crippen molar-refractivity contribution < 1.29 is 13.2 Å². The molecule has 0 spiro atoms. The molecule has 0 aromatic carbocycles. The fourth-order valence-corrected chi connectivity index (χ4v) is 4.44. The molecule has 9 heteroatoms. The molecule has 2 rings (SSSR count). The zero-order valence-corrected chi connectivity index (χ0v) is 13.1. The summed E-state index contributed by atoms with van der Waals surface area (Å²) >= 11 is 6.65. The molecular formula is C11H16ClN3O3S2. The van der Waals surface area contributed by atoms with Crippen molar-refractivity contribution in [1.82, 2.24) is 15.4 Å². The van der Waals surface area contributed by atoms with Gasteiger partial charge in [0.2, 0.25) is 5.91 Å². The number of carbonyl (C=O) groups is 1. The minimum absolute atomic E-state index is 0.0666. The van der Waals surface area contributed by atoms with Crippen LogP contribution in [-0.2, 0) is 14.8 Å². The van der Waals surface area contributed by atoms with Crippen LogP contribution < -0.4 is 15.4 Å². The zero-order valence-electron chi connectivity index (χ0n) is 10.7. The van der Waals surface area contributed by atoms with Crippen LogP contribution in [-0.4, -0.2) is 40.0 Å². The van der Waals surface area contributed by atoms with Crippen molar-refractivity contribution in [2.45, 2.75) is 23.1 Å².